The number of ether oxygens (including phenoxy) is 3. The van der Waals surface area contributed by atoms with Gasteiger partial charge in [-0.25, -0.2) is 4.79 Å². The van der Waals surface area contributed by atoms with Crippen LogP contribution in [0.25, 0.3) is 0 Å². The van der Waals surface area contributed by atoms with Crippen molar-refractivity contribution in [3.8, 4) is 17.2 Å². The third-order valence-electron chi connectivity index (χ3n) is 6.35. The van der Waals surface area contributed by atoms with E-state index in [1.165, 1.54) is 0 Å². The first-order valence-corrected chi connectivity index (χ1v) is 11.2. The Hall–Kier alpha value is -4.20. The summed E-state index contributed by atoms with van der Waals surface area (Å²) in [7, 11) is 0. The van der Waals surface area contributed by atoms with Crippen molar-refractivity contribution in [3.05, 3.63) is 77.9 Å². The van der Waals surface area contributed by atoms with E-state index in [0.717, 1.165) is 11.3 Å². The summed E-state index contributed by atoms with van der Waals surface area (Å²) < 4.78 is 17.4. The second kappa shape index (κ2) is 7.69. The van der Waals surface area contributed by atoms with Crippen LogP contribution in [0.2, 0.25) is 0 Å². The molecule has 172 valence electrons. The Morgan fingerprint density at radius 1 is 1.00 bits per heavy atom. The van der Waals surface area contributed by atoms with Gasteiger partial charge in [0.15, 0.2) is 17.2 Å². The predicted molar refractivity (Wildman–Crippen MR) is 126 cm³/mol. The second-order valence-corrected chi connectivity index (χ2v) is 8.72. The maximum Gasteiger partial charge on any atom is 0.325 e. The fourth-order valence-electron chi connectivity index (χ4n) is 4.82. The number of fused-ring (bicyclic) bond motifs is 5. The first-order valence-electron chi connectivity index (χ1n) is 11.2. The molecule has 3 aromatic rings. The zero-order chi connectivity index (χ0) is 23.3. The fourth-order valence-corrected chi connectivity index (χ4v) is 4.82. The van der Waals surface area contributed by atoms with E-state index in [-0.39, 0.29) is 18.0 Å². The standard InChI is InChI=1S/C26H23N3O5/c1-26-15-20(19-7-2-3-8-21(19)34-26)28-25(31)29(26)18-6-4-5-16(13-18)24(30)27-17-9-10-22-23(14-17)33-12-11-32-22/h2-10,13-14,20H,11-12,15H2,1H3,(H,27,30)(H,28,31). The average molecular weight is 457 g/mol. The SMILES string of the molecule is CC12CC(NC(=O)N1c1cccc(C(=O)Nc3ccc4c(c3)OCCO4)c1)c1ccccc1O2. The quantitative estimate of drug-likeness (QED) is 0.605. The third kappa shape index (κ3) is 3.39. The molecule has 1 saturated heterocycles. The molecule has 0 spiro atoms. The highest BCUT2D eigenvalue weighted by atomic mass is 16.6. The average Bonchev–Trinajstić information content (AvgIpc) is 2.83. The summed E-state index contributed by atoms with van der Waals surface area (Å²) in [5.74, 6) is 1.70. The van der Waals surface area contributed by atoms with Crippen LogP contribution in [0.1, 0.15) is 35.3 Å². The molecular formula is C26H23N3O5. The molecule has 2 unspecified atom stereocenters. The van der Waals surface area contributed by atoms with Gasteiger partial charge in [-0.3, -0.25) is 9.69 Å². The van der Waals surface area contributed by atoms with E-state index >= 15 is 0 Å². The van der Waals surface area contributed by atoms with Gasteiger partial charge in [-0.15, -0.1) is 0 Å². The molecule has 0 radical (unpaired) electrons. The Morgan fingerprint density at radius 2 is 1.82 bits per heavy atom. The molecule has 2 atom stereocenters. The van der Waals surface area contributed by atoms with Crippen LogP contribution in [0.3, 0.4) is 0 Å². The van der Waals surface area contributed by atoms with Gasteiger partial charge >= 0.3 is 6.03 Å². The van der Waals surface area contributed by atoms with Crippen LogP contribution in [0.4, 0.5) is 16.2 Å². The van der Waals surface area contributed by atoms with E-state index in [2.05, 4.69) is 10.6 Å². The summed E-state index contributed by atoms with van der Waals surface area (Å²) in [6.45, 7) is 2.87. The maximum atomic E-state index is 13.1. The molecule has 2 N–H and O–H groups in total. The summed E-state index contributed by atoms with van der Waals surface area (Å²) in [6.07, 6.45) is 0.587. The number of amides is 3. The van der Waals surface area contributed by atoms with Crippen LogP contribution in [-0.2, 0) is 0 Å². The molecule has 3 amide bonds. The van der Waals surface area contributed by atoms with Crippen LogP contribution >= 0.6 is 0 Å². The lowest BCUT2D eigenvalue weighted by molar-refractivity contribution is 0.0378. The topological polar surface area (TPSA) is 89.1 Å². The number of hydrogen-bond acceptors (Lipinski definition) is 5. The van der Waals surface area contributed by atoms with Gasteiger partial charge in [-0.05, 0) is 43.3 Å². The van der Waals surface area contributed by atoms with E-state index in [9.17, 15) is 9.59 Å². The van der Waals surface area contributed by atoms with E-state index in [1.54, 1.807) is 47.4 Å². The van der Waals surface area contributed by atoms with Crippen molar-refractivity contribution in [3.63, 3.8) is 0 Å². The first kappa shape index (κ1) is 20.4. The van der Waals surface area contributed by atoms with Crippen molar-refractivity contribution in [2.24, 2.45) is 0 Å². The van der Waals surface area contributed by atoms with Gasteiger partial charge in [0.25, 0.3) is 5.91 Å². The van der Waals surface area contributed by atoms with Crippen molar-refractivity contribution in [2.75, 3.05) is 23.4 Å². The summed E-state index contributed by atoms with van der Waals surface area (Å²) in [5, 5.41) is 5.97. The Labute approximate surface area is 196 Å². The molecule has 1 fully saturated rings. The fraction of sp³-hybridized carbons (Fsp3) is 0.231. The van der Waals surface area contributed by atoms with Crippen molar-refractivity contribution in [1.29, 1.82) is 0 Å². The van der Waals surface area contributed by atoms with Gasteiger partial charge < -0.3 is 24.8 Å². The first-order chi connectivity index (χ1) is 16.5. The molecular weight excluding hydrogens is 434 g/mol. The molecule has 3 aromatic carbocycles. The van der Waals surface area contributed by atoms with E-state index in [4.69, 9.17) is 14.2 Å². The highest BCUT2D eigenvalue weighted by Crippen LogP contribution is 2.45. The summed E-state index contributed by atoms with van der Waals surface area (Å²) in [5.41, 5.74) is 1.68. The molecule has 3 aliphatic heterocycles. The number of carbonyl (C=O) groups excluding carboxylic acids is 2. The lowest BCUT2D eigenvalue weighted by Crippen LogP contribution is -2.65. The minimum atomic E-state index is -0.883. The Bertz CT molecular complexity index is 1310. The lowest BCUT2D eigenvalue weighted by Gasteiger charge is -2.50. The Morgan fingerprint density at radius 3 is 2.71 bits per heavy atom. The molecule has 2 bridgehead atoms. The van der Waals surface area contributed by atoms with Crippen molar-refractivity contribution >= 4 is 23.3 Å². The normalized spacial score (nSPS) is 22.2. The number of hydrogen-bond donors (Lipinski definition) is 2. The molecule has 6 rings (SSSR count). The van der Waals surface area contributed by atoms with Crippen molar-refractivity contribution < 1.29 is 23.8 Å². The number of nitrogens with one attached hydrogen (secondary N) is 2. The molecule has 0 aromatic heterocycles. The number of rotatable bonds is 3. The summed E-state index contributed by atoms with van der Waals surface area (Å²) in [4.78, 5) is 27.7. The number of carbonyl (C=O) groups is 2. The minimum Gasteiger partial charge on any atom is -0.486 e. The van der Waals surface area contributed by atoms with Crippen LogP contribution in [-0.4, -0.2) is 30.9 Å². The van der Waals surface area contributed by atoms with Crippen LogP contribution < -0.4 is 29.7 Å². The largest absolute Gasteiger partial charge is 0.486 e. The number of nitrogens with zero attached hydrogens (tertiary/aromatic N) is 1. The molecule has 3 aliphatic rings. The van der Waals surface area contributed by atoms with E-state index in [0.29, 0.717) is 48.1 Å². The lowest BCUT2D eigenvalue weighted by atomic mass is 9.90. The number of anilines is 2. The molecule has 0 saturated carbocycles. The summed E-state index contributed by atoms with van der Waals surface area (Å²) in [6, 6.07) is 19.6. The van der Waals surface area contributed by atoms with Gasteiger partial charge in [-0.2, -0.15) is 0 Å². The zero-order valence-electron chi connectivity index (χ0n) is 18.5. The molecule has 8 nitrogen and oxygen atoms in total. The zero-order valence-corrected chi connectivity index (χ0v) is 18.5. The van der Waals surface area contributed by atoms with Gasteiger partial charge in [0.2, 0.25) is 0 Å². The van der Waals surface area contributed by atoms with Gasteiger partial charge in [0.05, 0.1) is 11.7 Å². The highest BCUT2D eigenvalue weighted by molar-refractivity contribution is 6.06. The van der Waals surface area contributed by atoms with E-state index < -0.39 is 5.72 Å². The molecule has 3 heterocycles. The van der Waals surface area contributed by atoms with Crippen LogP contribution in [0, 0.1) is 0 Å². The number of para-hydroxylation sites is 1. The van der Waals surface area contributed by atoms with Gasteiger partial charge in [-0.1, -0.05) is 24.3 Å². The maximum absolute atomic E-state index is 13.1. The van der Waals surface area contributed by atoms with Crippen LogP contribution in [0.15, 0.2) is 66.7 Å². The third-order valence-corrected chi connectivity index (χ3v) is 6.35. The van der Waals surface area contributed by atoms with Gasteiger partial charge in [0, 0.05) is 29.3 Å². The smallest absolute Gasteiger partial charge is 0.325 e. The monoisotopic (exact) mass is 457 g/mol. The Balaban J connectivity index is 1.27. The minimum absolute atomic E-state index is 0.125. The number of benzene rings is 3. The number of urea groups is 1. The molecule has 8 heteroatoms. The molecule has 34 heavy (non-hydrogen) atoms. The highest BCUT2D eigenvalue weighted by Gasteiger charge is 2.49. The van der Waals surface area contributed by atoms with Gasteiger partial charge in [0.1, 0.15) is 19.0 Å². The predicted octanol–water partition coefficient (Wildman–Crippen LogP) is 4.48. The molecule has 0 aliphatic carbocycles. The Kier molecular flexibility index (Phi) is 4.62. The van der Waals surface area contributed by atoms with E-state index in [1.807, 2.05) is 31.2 Å². The van der Waals surface area contributed by atoms with Crippen molar-refractivity contribution in [2.45, 2.75) is 25.1 Å². The summed E-state index contributed by atoms with van der Waals surface area (Å²) >= 11 is 0. The second-order valence-electron chi connectivity index (χ2n) is 8.72. The van der Waals surface area contributed by atoms with Crippen molar-refractivity contribution in [1.82, 2.24) is 5.32 Å². The van der Waals surface area contributed by atoms with Crippen LogP contribution in [0.5, 0.6) is 17.2 Å².